The van der Waals surface area contributed by atoms with Gasteiger partial charge in [-0.05, 0) is 49.2 Å². The van der Waals surface area contributed by atoms with Crippen molar-refractivity contribution >= 4 is 46.8 Å². The predicted octanol–water partition coefficient (Wildman–Crippen LogP) is 5.41. The molecule has 1 aromatic heterocycles. The zero-order chi connectivity index (χ0) is 41.2. The molecule has 19 heteroatoms. The van der Waals surface area contributed by atoms with Crippen LogP contribution in [0.2, 0.25) is 0 Å². The highest BCUT2D eigenvalue weighted by Crippen LogP contribution is 2.46. The molecule has 0 saturated heterocycles. The second-order valence-corrected chi connectivity index (χ2v) is 15.0. The average molecular weight is 835 g/mol. The zero-order valence-electron chi connectivity index (χ0n) is 31.7. The summed E-state index contributed by atoms with van der Waals surface area (Å²) < 4.78 is 45.4. The van der Waals surface area contributed by atoms with E-state index in [0.29, 0.717) is 42.8 Å². The first kappa shape index (κ1) is 42.1. The van der Waals surface area contributed by atoms with Crippen LogP contribution in [0.4, 0.5) is 0 Å². The summed E-state index contributed by atoms with van der Waals surface area (Å²) in [7, 11) is 5.95. The van der Waals surface area contributed by atoms with Crippen molar-refractivity contribution in [1.29, 1.82) is 10.5 Å². The van der Waals surface area contributed by atoms with Gasteiger partial charge < -0.3 is 49.4 Å². The summed E-state index contributed by atoms with van der Waals surface area (Å²) in [5.74, 6) is -1.35. The third-order valence-corrected chi connectivity index (χ3v) is 11.7. The van der Waals surface area contributed by atoms with E-state index in [1.165, 1.54) is 63.3 Å². The Bertz CT molecular complexity index is 2100. The molecule has 2 aliphatic heterocycles. The molecule has 0 fully saturated rings. The lowest BCUT2D eigenvalue weighted by atomic mass is 9.83. The van der Waals surface area contributed by atoms with E-state index in [1.54, 1.807) is 50.2 Å². The van der Waals surface area contributed by atoms with Gasteiger partial charge in [0.1, 0.15) is 34.8 Å². The van der Waals surface area contributed by atoms with Crippen LogP contribution in [0.25, 0.3) is 0 Å². The number of carbonyl (C=O) groups is 2. The second kappa shape index (κ2) is 19.2. The van der Waals surface area contributed by atoms with E-state index in [0.717, 1.165) is 0 Å². The van der Waals surface area contributed by atoms with Gasteiger partial charge in [-0.2, -0.15) is 10.5 Å². The maximum absolute atomic E-state index is 13.5. The van der Waals surface area contributed by atoms with Crippen LogP contribution in [0.15, 0.2) is 90.7 Å². The summed E-state index contributed by atoms with van der Waals surface area (Å²) in [5.41, 5.74) is 13.9. The highest BCUT2D eigenvalue weighted by atomic mass is 32.2. The van der Waals surface area contributed by atoms with Gasteiger partial charge in [0.2, 0.25) is 11.8 Å². The van der Waals surface area contributed by atoms with Crippen LogP contribution in [0.3, 0.4) is 0 Å². The van der Waals surface area contributed by atoms with Crippen LogP contribution in [0.1, 0.15) is 36.8 Å². The molecular formula is C38H38N6O10S3. The molecule has 0 spiro atoms. The molecule has 2 aliphatic rings. The van der Waals surface area contributed by atoms with E-state index in [-0.39, 0.29) is 70.3 Å². The van der Waals surface area contributed by atoms with Gasteiger partial charge in [0, 0.05) is 0 Å². The van der Waals surface area contributed by atoms with E-state index >= 15 is 0 Å². The van der Waals surface area contributed by atoms with Crippen molar-refractivity contribution in [2.75, 3.05) is 53.2 Å². The monoisotopic (exact) mass is 834 g/mol. The van der Waals surface area contributed by atoms with Crippen LogP contribution < -0.4 is 30.4 Å². The Kier molecular flexibility index (Phi) is 14.2. The Hall–Kier alpha value is -6.02. The lowest BCUT2D eigenvalue weighted by Crippen LogP contribution is -2.27. The Morgan fingerprint density at radius 3 is 1.42 bits per heavy atom. The van der Waals surface area contributed by atoms with Crippen LogP contribution in [0, 0.1) is 22.7 Å². The Balaban J connectivity index is 1.43. The molecule has 16 nitrogen and oxygen atoms in total. The summed E-state index contributed by atoms with van der Waals surface area (Å²) in [6.45, 7) is 3.49. The standard InChI is InChI=1S/C38H38N6O10S3/c1-7-51-35(45)31-27(53-33(41)21(15-39)29(31)19-9-11-23(47-3)25(13-19)49-5)17-55-37-43-44-38(57-37)56-18-28-32(36(46)52-8-2)30(22(16-40)34(42)54-28)20-10-12-24(48-4)26(14-20)50-6/h9-14,29-30H,7-8,17-18,41-42H2,1-6H3/t29-,30+. The number of nitrogens with two attached hydrogens (primary N) is 2. The Morgan fingerprint density at radius 1 is 0.702 bits per heavy atom. The molecule has 0 radical (unpaired) electrons. The summed E-state index contributed by atoms with van der Waals surface area (Å²) >= 11 is 3.68. The first-order chi connectivity index (χ1) is 27.6. The number of carbonyl (C=O) groups excluding carboxylic acids is 2. The number of thioether (sulfide) groups is 2. The van der Waals surface area contributed by atoms with Gasteiger partial charge in [-0.25, -0.2) is 9.59 Å². The van der Waals surface area contributed by atoms with Crippen LogP contribution >= 0.6 is 34.9 Å². The number of allylic oxidation sites excluding steroid dienone is 2. The van der Waals surface area contributed by atoms with Crippen molar-refractivity contribution in [2.24, 2.45) is 11.5 Å². The zero-order valence-corrected chi connectivity index (χ0v) is 34.1. The number of benzene rings is 2. The number of nitrogens with zero attached hydrogens (tertiary/aromatic N) is 4. The van der Waals surface area contributed by atoms with Gasteiger partial charge in [-0.15, -0.1) is 10.2 Å². The fraction of sp³-hybridized carbons (Fsp3) is 0.316. The molecule has 4 N–H and O–H groups in total. The SMILES string of the molecule is CCOC(=O)C1=C(CSc2nnc(SCC3=C(C(=O)OCC)[C@@H](c4ccc(OC)c(OC)c4)C(C#N)=C(N)O3)s2)OC(N)=C(C#N)[C@H]1c1ccc(OC)c(OC)c1. The average Bonchev–Trinajstić information content (AvgIpc) is 3.68. The van der Waals surface area contributed by atoms with Crippen molar-refractivity contribution in [2.45, 2.75) is 34.4 Å². The number of hydrogen-bond acceptors (Lipinski definition) is 19. The first-order valence-electron chi connectivity index (χ1n) is 17.1. The van der Waals surface area contributed by atoms with Crippen molar-refractivity contribution in [3.8, 4) is 35.1 Å². The van der Waals surface area contributed by atoms with Crippen molar-refractivity contribution in [1.82, 2.24) is 10.2 Å². The third kappa shape index (κ3) is 9.01. The molecule has 298 valence electrons. The van der Waals surface area contributed by atoms with E-state index < -0.39 is 23.8 Å². The molecule has 3 aromatic rings. The molecule has 2 atom stereocenters. The fourth-order valence-corrected chi connectivity index (χ4v) is 8.92. The number of aromatic nitrogens is 2. The van der Waals surface area contributed by atoms with E-state index in [2.05, 4.69) is 22.3 Å². The van der Waals surface area contributed by atoms with E-state index in [1.807, 2.05) is 0 Å². The molecule has 0 unspecified atom stereocenters. The number of ether oxygens (including phenoxy) is 8. The van der Waals surface area contributed by atoms with Gasteiger partial charge in [0.25, 0.3) is 0 Å². The predicted molar refractivity (Wildman–Crippen MR) is 209 cm³/mol. The molecule has 0 saturated carbocycles. The molecule has 0 bridgehead atoms. The first-order valence-corrected chi connectivity index (χ1v) is 19.8. The Morgan fingerprint density at radius 2 is 1.09 bits per heavy atom. The van der Waals surface area contributed by atoms with Crippen LogP contribution in [-0.2, 0) is 28.5 Å². The molecule has 0 aliphatic carbocycles. The lowest BCUT2D eigenvalue weighted by molar-refractivity contribution is -0.140. The summed E-state index contributed by atoms with van der Waals surface area (Å²) in [6, 6.07) is 14.3. The molecule has 3 heterocycles. The highest BCUT2D eigenvalue weighted by molar-refractivity contribution is 8.03. The van der Waals surface area contributed by atoms with Gasteiger partial charge >= 0.3 is 11.9 Å². The number of methoxy groups -OCH3 is 4. The van der Waals surface area contributed by atoms with Crippen LogP contribution in [-0.4, -0.2) is 75.3 Å². The smallest absolute Gasteiger partial charge is 0.338 e. The maximum atomic E-state index is 13.5. The molecular weight excluding hydrogens is 797 g/mol. The van der Waals surface area contributed by atoms with Crippen LogP contribution in [0.5, 0.6) is 23.0 Å². The molecule has 57 heavy (non-hydrogen) atoms. The third-order valence-electron chi connectivity index (χ3n) is 8.51. The summed E-state index contributed by atoms with van der Waals surface area (Å²) in [6.07, 6.45) is 0. The van der Waals surface area contributed by atoms with Gasteiger partial charge in [-0.3, -0.25) is 0 Å². The molecule has 5 rings (SSSR count). The number of rotatable bonds is 16. The minimum atomic E-state index is -0.929. The van der Waals surface area contributed by atoms with Gasteiger partial charge in [0.05, 0.1) is 76.1 Å². The topological polar surface area (TPSA) is 233 Å². The number of hydrogen-bond donors (Lipinski definition) is 2. The fourth-order valence-electron chi connectivity index (χ4n) is 6.02. The second-order valence-electron chi connectivity index (χ2n) is 11.6. The van der Waals surface area contributed by atoms with Gasteiger partial charge in [0.15, 0.2) is 31.7 Å². The van der Waals surface area contributed by atoms with E-state index in [4.69, 9.17) is 49.4 Å². The lowest BCUT2D eigenvalue weighted by Gasteiger charge is -2.28. The maximum Gasteiger partial charge on any atom is 0.338 e. The van der Waals surface area contributed by atoms with Crippen molar-refractivity contribution < 1.29 is 47.5 Å². The number of esters is 2. The number of nitriles is 2. The van der Waals surface area contributed by atoms with Gasteiger partial charge in [-0.1, -0.05) is 47.0 Å². The van der Waals surface area contributed by atoms with Crippen molar-refractivity contribution in [3.05, 3.63) is 93.1 Å². The minimum absolute atomic E-state index is 0.0285. The van der Waals surface area contributed by atoms with Crippen molar-refractivity contribution in [3.63, 3.8) is 0 Å². The highest BCUT2D eigenvalue weighted by Gasteiger charge is 2.40. The summed E-state index contributed by atoms with van der Waals surface area (Å²) in [4.78, 5) is 27.0. The molecule has 0 amide bonds. The molecule has 2 aromatic carbocycles. The summed E-state index contributed by atoms with van der Waals surface area (Å²) in [5, 5.41) is 28.8. The Labute approximate surface area is 341 Å². The minimum Gasteiger partial charge on any atom is -0.493 e. The largest absolute Gasteiger partial charge is 0.493 e. The quantitative estimate of drug-likeness (QED) is 0.136. The normalized spacial score (nSPS) is 16.6. The van der Waals surface area contributed by atoms with E-state index in [9.17, 15) is 20.1 Å².